The lowest BCUT2D eigenvalue weighted by atomic mass is 10.8. The second-order valence-corrected chi connectivity index (χ2v) is 0.416. The fourth-order valence-electron chi connectivity index (χ4n) is 0. The SMILES string of the molecule is [2H]CC([2H])(O)O. The number of aliphatic hydroxyl groups is 2. The Morgan fingerprint density at radius 1 is 2.25 bits per heavy atom. The van der Waals surface area contributed by atoms with E-state index in [1.54, 1.807) is 0 Å². The van der Waals surface area contributed by atoms with Crippen molar-refractivity contribution in [1.82, 2.24) is 0 Å². The summed E-state index contributed by atoms with van der Waals surface area (Å²) in [6.45, 7) is -0.701. The van der Waals surface area contributed by atoms with Crippen LogP contribution in [0.25, 0.3) is 0 Å². The van der Waals surface area contributed by atoms with Crippen LogP contribution < -0.4 is 0 Å². The summed E-state index contributed by atoms with van der Waals surface area (Å²) >= 11 is 0. The molecule has 0 saturated heterocycles. The second kappa shape index (κ2) is 1.26. The molecule has 0 heterocycles. The molecule has 0 aromatic rings. The minimum Gasteiger partial charge on any atom is -0.368 e. The van der Waals surface area contributed by atoms with Gasteiger partial charge in [0.2, 0.25) is 0 Å². The lowest BCUT2D eigenvalue weighted by molar-refractivity contribution is -0.0228. The van der Waals surface area contributed by atoms with Gasteiger partial charge in [0.15, 0.2) is 0 Å². The summed E-state index contributed by atoms with van der Waals surface area (Å²) < 4.78 is 12.3. The molecule has 0 bridgehead atoms. The third-order valence-corrected chi connectivity index (χ3v) is 0. The van der Waals surface area contributed by atoms with Crippen molar-refractivity contribution in [2.45, 2.75) is 13.2 Å². The maximum Gasteiger partial charge on any atom is 0.148 e. The smallest absolute Gasteiger partial charge is 0.148 e. The molecular weight excluding hydrogens is 56.0 g/mol. The molecule has 0 fully saturated rings. The molecule has 0 amide bonds. The first kappa shape index (κ1) is 1.38. The van der Waals surface area contributed by atoms with E-state index in [2.05, 4.69) is 0 Å². The van der Waals surface area contributed by atoms with Gasteiger partial charge in [0.1, 0.15) is 6.27 Å². The maximum absolute atomic E-state index is 7.86. The van der Waals surface area contributed by atoms with Gasteiger partial charge in [0, 0.05) is 1.37 Å². The Labute approximate surface area is 27.5 Å². The third-order valence-electron chi connectivity index (χ3n) is 0. The Morgan fingerprint density at radius 3 is 2.50 bits per heavy atom. The minimum atomic E-state index is -2.54. The molecule has 2 heteroatoms. The Kier molecular flexibility index (Phi) is 0.436. The van der Waals surface area contributed by atoms with Crippen LogP contribution in [0.15, 0.2) is 0 Å². The summed E-state index contributed by atoms with van der Waals surface area (Å²) in [5.41, 5.74) is 0. The molecule has 0 unspecified atom stereocenters. The summed E-state index contributed by atoms with van der Waals surface area (Å²) in [4.78, 5) is 0. The summed E-state index contributed by atoms with van der Waals surface area (Å²) in [6.07, 6.45) is -2.54. The summed E-state index contributed by atoms with van der Waals surface area (Å²) in [7, 11) is 0. The van der Waals surface area contributed by atoms with Gasteiger partial charge in [-0.3, -0.25) is 0 Å². The molecule has 0 rings (SSSR count). The molecular formula is C2H6O2. The van der Waals surface area contributed by atoms with Gasteiger partial charge in [-0.25, -0.2) is 0 Å². The summed E-state index contributed by atoms with van der Waals surface area (Å²) in [6, 6.07) is 0. The fraction of sp³-hybridized carbons (Fsp3) is 1.00. The number of hydrogen-bond acceptors (Lipinski definition) is 2. The van der Waals surface area contributed by atoms with Crippen LogP contribution in [0.2, 0.25) is 0 Å². The standard InChI is InChI=1S/C2H6O2/c1-2(3)4/h2-4H,1H3/i1D,2D. The van der Waals surface area contributed by atoms with E-state index in [-0.39, 0.29) is 0 Å². The van der Waals surface area contributed by atoms with Crippen LogP contribution in [0.4, 0.5) is 0 Å². The fourth-order valence-corrected chi connectivity index (χ4v) is 0. The van der Waals surface area contributed by atoms with Gasteiger partial charge in [-0.15, -0.1) is 0 Å². The highest BCUT2D eigenvalue weighted by molar-refractivity contribution is 4.02. The highest BCUT2D eigenvalue weighted by atomic mass is 16.5. The molecule has 0 aromatic heterocycles. The Balaban J connectivity index is 3.17. The number of rotatable bonds is 0. The molecule has 0 saturated carbocycles. The van der Waals surface area contributed by atoms with E-state index in [4.69, 9.17) is 13.0 Å². The molecule has 0 spiro atoms. The van der Waals surface area contributed by atoms with Crippen LogP contribution in [0.1, 0.15) is 9.64 Å². The molecule has 2 nitrogen and oxygen atoms in total. The van der Waals surface area contributed by atoms with Crippen LogP contribution in [0.3, 0.4) is 0 Å². The minimum absolute atomic E-state index is 0.701. The predicted molar refractivity (Wildman–Crippen MR) is 13.9 cm³/mol. The van der Waals surface area contributed by atoms with Gasteiger partial charge >= 0.3 is 0 Å². The van der Waals surface area contributed by atoms with Crippen LogP contribution in [-0.2, 0) is 0 Å². The van der Waals surface area contributed by atoms with Gasteiger partial charge < -0.3 is 10.2 Å². The predicted octanol–water partition coefficient (Wildman–Crippen LogP) is -0.683. The van der Waals surface area contributed by atoms with Gasteiger partial charge in [0.25, 0.3) is 0 Å². The van der Waals surface area contributed by atoms with Crippen LogP contribution in [0.5, 0.6) is 0 Å². The van der Waals surface area contributed by atoms with Crippen molar-refractivity contribution in [2.75, 3.05) is 0 Å². The van der Waals surface area contributed by atoms with Crippen LogP contribution in [-0.4, -0.2) is 16.5 Å². The van der Waals surface area contributed by atoms with Crippen LogP contribution in [0, 0.1) is 0 Å². The molecule has 0 aliphatic heterocycles. The van der Waals surface area contributed by atoms with E-state index in [0.29, 0.717) is 0 Å². The zero-order chi connectivity index (χ0) is 5.21. The maximum atomic E-state index is 7.86. The van der Waals surface area contributed by atoms with Crippen molar-refractivity contribution >= 4 is 0 Å². The Morgan fingerprint density at radius 2 is 2.50 bits per heavy atom. The average molecular weight is 64.1 g/mol. The van der Waals surface area contributed by atoms with Gasteiger partial charge in [-0.1, -0.05) is 0 Å². The highest BCUT2D eigenvalue weighted by Crippen LogP contribution is 1.57. The average Bonchev–Trinajstić information content (AvgIpc) is 1.35. The van der Waals surface area contributed by atoms with Crippen LogP contribution >= 0.6 is 0 Å². The van der Waals surface area contributed by atoms with Crippen molar-refractivity contribution in [3.63, 3.8) is 0 Å². The second-order valence-electron chi connectivity index (χ2n) is 0.416. The van der Waals surface area contributed by atoms with Gasteiger partial charge in [-0.05, 0) is 6.90 Å². The van der Waals surface area contributed by atoms with Crippen molar-refractivity contribution in [2.24, 2.45) is 0 Å². The van der Waals surface area contributed by atoms with E-state index < -0.39 is 13.2 Å². The van der Waals surface area contributed by atoms with Gasteiger partial charge in [-0.2, -0.15) is 0 Å². The van der Waals surface area contributed by atoms with Gasteiger partial charge in [0.05, 0.1) is 1.37 Å². The Hall–Kier alpha value is -0.0800. The van der Waals surface area contributed by atoms with E-state index in [0.717, 1.165) is 0 Å². The topological polar surface area (TPSA) is 40.5 Å². The Bertz CT molecular complexity index is 39.3. The first-order valence-electron chi connectivity index (χ1n) is 2.01. The van der Waals surface area contributed by atoms with Crippen molar-refractivity contribution in [3.8, 4) is 0 Å². The first-order chi connectivity index (χ1) is 2.56. The largest absolute Gasteiger partial charge is 0.368 e. The monoisotopic (exact) mass is 64.0 g/mol. The van der Waals surface area contributed by atoms with E-state index in [9.17, 15) is 0 Å². The van der Waals surface area contributed by atoms with E-state index in [1.807, 2.05) is 0 Å². The van der Waals surface area contributed by atoms with E-state index >= 15 is 0 Å². The summed E-state index contributed by atoms with van der Waals surface area (Å²) in [5, 5.41) is 15.7. The molecule has 0 aliphatic rings. The van der Waals surface area contributed by atoms with Crippen molar-refractivity contribution < 1.29 is 13.0 Å². The number of hydrogen-bond donors (Lipinski definition) is 2. The molecule has 0 atom stereocenters. The molecule has 0 radical (unpaired) electrons. The lowest BCUT2D eigenvalue weighted by Crippen LogP contribution is -1.92. The summed E-state index contributed by atoms with van der Waals surface area (Å²) in [5.74, 6) is 0. The van der Waals surface area contributed by atoms with E-state index in [1.165, 1.54) is 0 Å². The molecule has 0 aromatic carbocycles. The highest BCUT2D eigenvalue weighted by Gasteiger charge is 1.70. The zero-order valence-electron chi connectivity index (χ0n) is 4.10. The molecule has 4 heavy (non-hydrogen) atoms. The first-order valence-corrected chi connectivity index (χ1v) is 0.801. The quantitative estimate of drug-likeness (QED) is 0.366. The van der Waals surface area contributed by atoms with Crippen molar-refractivity contribution in [1.29, 1.82) is 0 Å². The third kappa shape index (κ3) is 254. The molecule has 0 aliphatic carbocycles. The zero-order valence-corrected chi connectivity index (χ0v) is 2.10. The van der Waals surface area contributed by atoms with Crippen molar-refractivity contribution in [3.05, 3.63) is 0 Å². The molecule has 26 valence electrons. The normalized spacial score (nSPS) is 18.5. The molecule has 2 N–H and O–H groups in total. The lowest BCUT2D eigenvalue weighted by Gasteiger charge is -1.80.